The monoisotopic (exact) mass is 424 g/mol. The van der Waals surface area contributed by atoms with Crippen LogP contribution in [0.3, 0.4) is 0 Å². The Bertz CT molecular complexity index is 1310. The second kappa shape index (κ2) is 8.08. The predicted molar refractivity (Wildman–Crippen MR) is 124 cm³/mol. The average molecular weight is 425 g/mol. The van der Waals surface area contributed by atoms with Crippen LogP contribution < -0.4 is 0 Å². The number of rotatable bonds is 4. The summed E-state index contributed by atoms with van der Waals surface area (Å²) in [4.78, 5) is 17.8. The topological polar surface area (TPSA) is 64.7 Å². The molecule has 0 aliphatic heterocycles. The second-order valence-electron chi connectivity index (χ2n) is 9.04. The van der Waals surface area contributed by atoms with Gasteiger partial charge in [0.15, 0.2) is 0 Å². The van der Waals surface area contributed by atoms with Gasteiger partial charge in [0.2, 0.25) is 0 Å². The van der Waals surface area contributed by atoms with Crippen molar-refractivity contribution >= 4 is 22.5 Å². The summed E-state index contributed by atoms with van der Waals surface area (Å²) in [6, 6.07) is 23.5. The summed E-state index contributed by atoms with van der Waals surface area (Å²) in [5.74, 6) is 0.320. The van der Waals surface area contributed by atoms with Crippen molar-refractivity contribution in [3.05, 3.63) is 101 Å². The van der Waals surface area contributed by atoms with E-state index in [0.29, 0.717) is 24.1 Å². The minimum atomic E-state index is -0.477. The Morgan fingerprint density at radius 3 is 2.59 bits per heavy atom. The third-order valence-corrected chi connectivity index (χ3v) is 5.89. The zero-order valence-electron chi connectivity index (χ0n) is 18.2. The number of hydrogen-bond donors (Lipinski definition) is 0. The smallest absolute Gasteiger partial charge is 0.360 e. The van der Waals surface area contributed by atoms with E-state index in [-0.39, 0.29) is 5.41 Å². The average Bonchev–Trinajstić information content (AvgIpc) is 3.19. The fourth-order valence-electron chi connectivity index (χ4n) is 4.40. The molecule has 5 nitrogen and oxygen atoms in total. The number of nitrogens with zero attached hydrogens (tertiary/aromatic N) is 2. The molecule has 5 rings (SSSR count). The quantitative estimate of drug-likeness (QED) is 0.300. The molecule has 1 heterocycles. The van der Waals surface area contributed by atoms with Crippen LogP contribution in [0.2, 0.25) is 0 Å². The Labute approximate surface area is 186 Å². The number of benzene rings is 3. The summed E-state index contributed by atoms with van der Waals surface area (Å²) in [6.07, 6.45) is 2.05. The van der Waals surface area contributed by atoms with Crippen molar-refractivity contribution in [3.8, 4) is 0 Å². The summed E-state index contributed by atoms with van der Waals surface area (Å²) in [5, 5.41) is 11.1. The Balaban J connectivity index is 1.50. The molecule has 160 valence electrons. The third-order valence-electron chi connectivity index (χ3n) is 5.89. The van der Waals surface area contributed by atoms with Gasteiger partial charge < -0.3 is 9.36 Å². The molecule has 1 aliphatic carbocycles. The number of aromatic nitrogens is 1. The van der Waals surface area contributed by atoms with E-state index in [4.69, 9.17) is 9.36 Å². The van der Waals surface area contributed by atoms with E-state index < -0.39 is 5.97 Å². The van der Waals surface area contributed by atoms with Crippen LogP contribution in [0.15, 0.2) is 82.5 Å². The minimum absolute atomic E-state index is 0.0682. The van der Waals surface area contributed by atoms with Gasteiger partial charge >= 0.3 is 5.97 Å². The Morgan fingerprint density at radius 2 is 1.75 bits per heavy atom. The minimum Gasteiger partial charge on any atom is -0.360 e. The Morgan fingerprint density at radius 1 is 1.00 bits per heavy atom. The maximum Gasteiger partial charge on any atom is 0.365 e. The van der Waals surface area contributed by atoms with E-state index in [9.17, 15) is 4.79 Å². The van der Waals surface area contributed by atoms with E-state index in [2.05, 4.69) is 54.5 Å². The van der Waals surface area contributed by atoms with Gasteiger partial charge in [-0.25, -0.2) is 4.79 Å². The molecular weight excluding hydrogens is 400 g/mol. The van der Waals surface area contributed by atoms with Gasteiger partial charge in [-0.3, -0.25) is 0 Å². The first-order valence-electron chi connectivity index (χ1n) is 10.8. The molecule has 0 N–H and O–H groups in total. The standard InChI is InChI=1S/C27H24N2O3/c1-27(2)16-23(29-32-26(30)19-10-4-3-5-11-19)25-22(28-31-24(25)17-27)15-20-13-8-12-18-9-6-7-14-21(18)20/h3-14H,15-17H2,1-2H3. The molecule has 0 atom stereocenters. The summed E-state index contributed by atoms with van der Waals surface area (Å²) >= 11 is 0. The van der Waals surface area contributed by atoms with Crippen molar-refractivity contribution in [3.63, 3.8) is 0 Å². The highest BCUT2D eigenvalue weighted by atomic mass is 16.7. The van der Waals surface area contributed by atoms with Gasteiger partial charge in [0.25, 0.3) is 0 Å². The van der Waals surface area contributed by atoms with Gasteiger partial charge in [-0.2, -0.15) is 0 Å². The molecular formula is C27H24N2O3. The fourth-order valence-corrected chi connectivity index (χ4v) is 4.40. The van der Waals surface area contributed by atoms with Crippen molar-refractivity contribution in [2.75, 3.05) is 0 Å². The van der Waals surface area contributed by atoms with Crippen molar-refractivity contribution < 1.29 is 14.2 Å². The van der Waals surface area contributed by atoms with Crippen LogP contribution in [-0.4, -0.2) is 16.8 Å². The lowest BCUT2D eigenvalue weighted by atomic mass is 9.75. The normalized spacial score (nSPS) is 16.1. The molecule has 3 aromatic carbocycles. The third kappa shape index (κ3) is 3.94. The zero-order valence-corrected chi connectivity index (χ0v) is 18.2. The van der Waals surface area contributed by atoms with E-state index in [1.807, 2.05) is 18.2 Å². The molecule has 0 bridgehead atoms. The van der Waals surface area contributed by atoms with Crippen LogP contribution in [-0.2, 0) is 17.7 Å². The van der Waals surface area contributed by atoms with Gasteiger partial charge in [-0.05, 0) is 40.3 Å². The molecule has 0 unspecified atom stereocenters. The first kappa shape index (κ1) is 20.2. The van der Waals surface area contributed by atoms with E-state index in [0.717, 1.165) is 23.4 Å². The second-order valence-corrected chi connectivity index (χ2v) is 9.04. The summed E-state index contributed by atoms with van der Waals surface area (Å²) in [5.41, 5.74) is 3.97. The van der Waals surface area contributed by atoms with Crippen molar-refractivity contribution in [1.82, 2.24) is 5.16 Å². The van der Waals surface area contributed by atoms with Gasteiger partial charge in [-0.15, -0.1) is 0 Å². The fraction of sp³-hybridized carbons (Fsp3) is 0.222. The molecule has 1 aromatic heterocycles. The van der Waals surface area contributed by atoms with Crippen LogP contribution in [0.25, 0.3) is 10.8 Å². The summed E-state index contributed by atoms with van der Waals surface area (Å²) in [6.45, 7) is 4.30. The molecule has 32 heavy (non-hydrogen) atoms. The SMILES string of the molecule is CC1(C)CC(=NOC(=O)c2ccccc2)c2c(Cc3cccc4ccccc34)noc2C1. The first-order chi connectivity index (χ1) is 15.5. The van der Waals surface area contributed by atoms with Gasteiger partial charge in [0, 0.05) is 12.8 Å². The van der Waals surface area contributed by atoms with Crippen molar-refractivity contribution in [2.24, 2.45) is 10.6 Å². The molecule has 0 radical (unpaired) electrons. The number of hydrogen-bond acceptors (Lipinski definition) is 5. The Kier molecular flexibility index (Phi) is 5.10. The molecule has 1 aliphatic rings. The largest absolute Gasteiger partial charge is 0.365 e. The highest BCUT2D eigenvalue weighted by molar-refractivity contribution is 6.04. The zero-order chi connectivity index (χ0) is 22.1. The van der Waals surface area contributed by atoms with E-state index in [1.54, 1.807) is 24.3 Å². The lowest BCUT2D eigenvalue weighted by Gasteiger charge is -2.28. The van der Waals surface area contributed by atoms with Crippen LogP contribution in [0.4, 0.5) is 0 Å². The lowest BCUT2D eigenvalue weighted by molar-refractivity contribution is 0.0513. The van der Waals surface area contributed by atoms with Gasteiger partial charge in [0.1, 0.15) is 5.76 Å². The summed E-state index contributed by atoms with van der Waals surface area (Å²) < 4.78 is 5.76. The maximum absolute atomic E-state index is 12.5. The predicted octanol–water partition coefficient (Wildman–Crippen LogP) is 5.95. The van der Waals surface area contributed by atoms with Crippen LogP contribution >= 0.6 is 0 Å². The molecule has 5 heteroatoms. The molecule has 0 saturated heterocycles. The Hall–Kier alpha value is -3.73. The first-order valence-corrected chi connectivity index (χ1v) is 10.8. The van der Waals surface area contributed by atoms with Crippen LogP contribution in [0.1, 0.15) is 53.2 Å². The van der Waals surface area contributed by atoms with Crippen LogP contribution in [0, 0.1) is 5.41 Å². The summed E-state index contributed by atoms with van der Waals surface area (Å²) in [7, 11) is 0. The molecule has 0 spiro atoms. The van der Waals surface area contributed by atoms with Crippen molar-refractivity contribution in [2.45, 2.75) is 33.1 Å². The van der Waals surface area contributed by atoms with E-state index >= 15 is 0 Å². The molecule has 4 aromatic rings. The van der Waals surface area contributed by atoms with Gasteiger partial charge in [-0.1, -0.05) is 84.8 Å². The highest BCUT2D eigenvalue weighted by Crippen LogP contribution is 2.37. The van der Waals surface area contributed by atoms with Gasteiger partial charge in [0.05, 0.1) is 22.5 Å². The molecule has 0 saturated carbocycles. The highest BCUT2D eigenvalue weighted by Gasteiger charge is 2.36. The molecule has 0 fully saturated rings. The number of carbonyl (C=O) groups excluding carboxylic acids is 1. The number of fused-ring (bicyclic) bond motifs is 2. The maximum atomic E-state index is 12.5. The van der Waals surface area contributed by atoms with Crippen LogP contribution in [0.5, 0.6) is 0 Å². The van der Waals surface area contributed by atoms with E-state index in [1.165, 1.54) is 16.3 Å². The molecule has 0 amide bonds. The number of carbonyl (C=O) groups is 1. The van der Waals surface area contributed by atoms with Crippen molar-refractivity contribution in [1.29, 1.82) is 0 Å². The lowest BCUT2D eigenvalue weighted by Crippen LogP contribution is -2.27. The number of oxime groups is 1.